The number of carbonyl (C=O) groups is 2. The number of rotatable bonds is 6. The molecule has 0 fully saturated rings. The third-order valence-corrected chi connectivity index (χ3v) is 5.86. The van der Waals surface area contributed by atoms with Crippen LogP contribution in [0, 0.1) is 5.92 Å². The number of esters is 1. The molecule has 3 aromatic rings. The quantitative estimate of drug-likeness (QED) is 0.413. The van der Waals surface area contributed by atoms with E-state index in [1.54, 1.807) is 0 Å². The molecule has 0 amide bonds. The molecule has 3 aromatic carbocycles. The topological polar surface area (TPSA) is 89.6 Å². The van der Waals surface area contributed by atoms with E-state index in [0.717, 1.165) is 46.5 Å². The first-order valence-electron chi connectivity index (χ1n) is 10.2. The molecule has 0 spiro atoms. The fraction of sp³-hybridized carbons (Fsp3) is 0.200. The molecule has 0 unspecified atom stereocenters. The van der Waals surface area contributed by atoms with Gasteiger partial charge in [-0.3, -0.25) is 9.59 Å². The van der Waals surface area contributed by atoms with Crippen molar-refractivity contribution < 1.29 is 32.6 Å². The van der Waals surface area contributed by atoms with Gasteiger partial charge in [-0.2, -0.15) is 13.2 Å². The van der Waals surface area contributed by atoms with Gasteiger partial charge in [-0.25, -0.2) is 0 Å². The fourth-order valence-corrected chi connectivity index (χ4v) is 4.18. The van der Waals surface area contributed by atoms with Crippen LogP contribution in [-0.2, 0) is 20.5 Å². The largest absolute Gasteiger partial charge is 0.481 e. The fourth-order valence-electron chi connectivity index (χ4n) is 4.18. The lowest BCUT2D eigenvalue weighted by molar-refractivity contribution is -0.160. The molecule has 5 nitrogen and oxygen atoms in total. The third-order valence-electron chi connectivity index (χ3n) is 5.86. The maximum absolute atomic E-state index is 12.8. The minimum Gasteiger partial charge on any atom is -0.481 e. The van der Waals surface area contributed by atoms with Crippen LogP contribution in [0.5, 0.6) is 0 Å². The highest BCUT2D eigenvalue weighted by atomic mass is 19.4. The normalized spacial score (nSPS) is 14.8. The van der Waals surface area contributed by atoms with E-state index in [1.807, 2.05) is 48.5 Å². The molecule has 2 atom stereocenters. The Morgan fingerprint density at radius 1 is 0.909 bits per heavy atom. The van der Waals surface area contributed by atoms with Crippen molar-refractivity contribution in [1.82, 2.24) is 0 Å². The lowest BCUT2D eigenvalue weighted by atomic mass is 9.93. The second-order valence-electron chi connectivity index (χ2n) is 7.82. The van der Waals surface area contributed by atoms with Gasteiger partial charge in [0.25, 0.3) is 0 Å². The van der Waals surface area contributed by atoms with Gasteiger partial charge in [0.15, 0.2) is 5.92 Å². The minimum absolute atomic E-state index is 0.0869. The van der Waals surface area contributed by atoms with Gasteiger partial charge in [0.2, 0.25) is 0 Å². The first-order chi connectivity index (χ1) is 15.7. The maximum atomic E-state index is 12.8. The Kier molecular flexibility index (Phi) is 5.95. The molecular weight excluding hydrogens is 435 g/mol. The van der Waals surface area contributed by atoms with Gasteiger partial charge in [0.1, 0.15) is 6.61 Å². The Morgan fingerprint density at radius 2 is 1.42 bits per heavy atom. The van der Waals surface area contributed by atoms with Gasteiger partial charge in [0, 0.05) is 5.92 Å². The number of carbonyl (C=O) groups excluding carboxylic acids is 1. The van der Waals surface area contributed by atoms with Crippen LogP contribution in [0.25, 0.3) is 11.1 Å². The number of carboxylic acid groups (broad SMARTS) is 1. The van der Waals surface area contributed by atoms with Crippen LogP contribution in [0.4, 0.5) is 13.2 Å². The van der Waals surface area contributed by atoms with Crippen molar-refractivity contribution in [2.24, 2.45) is 11.7 Å². The van der Waals surface area contributed by atoms with Gasteiger partial charge >= 0.3 is 18.1 Å². The third kappa shape index (κ3) is 4.34. The SMILES string of the molecule is N[C@H](c1ccc(C(F)(F)F)cc1)[C@H](C(=O)O)C(=O)OCC1c2ccccc2-c2ccccc21. The zero-order valence-electron chi connectivity index (χ0n) is 17.3. The maximum Gasteiger partial charge on any atom is 0.416 e. The van der Waals surface area contributed by atoms with Crippen molar-refractivity contribution in [3.05, 3.63) is 95.1 Å². The molecule has 0 bridgehead atoms. The average molecular weight is 455 g/mol. The number of ether oxygens (including phenoxy) is 1. The number of alkyl halides is 3. The number of hydrogen-bond acceptors (Lipinski definition) is 4. The molecule has 4 rings (SSSR count). The minimum atomic E-state index is -4.54. The molecule has 33 heavy (non-hydrogen) atoms. The molecular formula is C25H20F3NO4. The summed E-state index contributed by atoms with van der Waals surface area (Å²) in [6.07, 6.45) is -4.54. The number of benzene rings is 3. The first kappa shape index (κ1) is 22.5. The Balaban J connectivity index is 1.52. The molecule has 0 heterocycles. The summed E-state index contributed by atoms with van der Waals surface area (Å²) in [5.41, 5.74) is 9.13. The van der Waals surface area contributed by atoms with E-state index in [9.17, 15) is 27.9 Å². The monoisotopic (exact) mass is 455 g/mol. The number of carboxylic acids is 1. The lowest BCUT2D eigenvalue weighted by Crippen LogP contribution is -2.36. The van der Waals surface area contributed by atoms with E-state index in [1.165, 1.54) is 0 Å². The summed E-state index contributed by atoms with van der Waals surface area (Å²) in [6, 6.07) is 17.7. The average Bonchev–Trinajstić information content (AvgIpc) is 3.11. The number of aliphatic carboxylic acids is 1. The molecule has 0 radical (unpaired) electrons. The highest BCUT2D eigenvalue weighted by molar-refractivity contribution is 5.95. The highest BCUT2D eigenvalue weighted by Gasteiger charge is 2.37. The van der Waals surface area contributed by atoms with Crippen LogP contribution in [0.2, 0.25) is 0 Å². The molecule has 8 heteroatoms. The Morgan fingerprint density at radius 3 is 1.91 bits per heavy atom. The summed E-state index contributed by atoms with van der Waals surface area (Å²) >= 11 is 0. The van der Waals surface area contributed by atoms with E-state index < -0.39 is 35.6 Å². The molecule has 0 saturated carbocycles. The molecule has 170 valence electrons. The standard InChI is InChI=1S/C25H20F3NO4/c26-25(27,28)15-11-9-14(10-12-15)22(29)21(23(30)31)24(32)33-13-20-18-7-3-1-5-16(18)17-6-2-4-8-19(17)20/h1-12,20-22H,13,29H2,(H,30,31)/t21-,22-/m1/s1. The van der Waals surface area contributed by atoms with Crippen molar-refractivity contribution in [2.45, 2.75) is 18.1 Å². The molecule has 3 N–H and O–H groups in total. The second-order valence-corrected chi connectivity index (χ2v) is 7.82. The molecule has 0 saturated heterocycles. The van der Waals surface area contributed by atoms with Crippen LogP contribution >= 0.6 is 0 Å². The van der Waals surface area contributed by atoms with E-state index in [0.29, 0.717) is 0 Å². The van der Waals surface area contributed by atoms with Crippen molar-refractivity contribution in [3.63, 3.8) is 0 Å². The molecule has 0 aromatic heterocycles. The Bertz CT molecular complexity index is 1150. The summed E-state index contributed by atoms with van der Waals surface area (Å²) in [7, 11) is 0. The second kappa shape index (κ2) is 8.71. The van der Waals surface area contributed by atoms with Crippen LogP contribution < -0.4 is 5.73 Å². The van der Waals surface area contributed by atoms with Crippen molar-refractivity contribution in [2.75, 3.05) is 6.61 Å². The number of halogens is 3. The van der Waals surface area contributed by atoms with Crippen molar-refractivity contribution in [1.29, 1.82) is 0 Å². The molecule has 1 aliphatic rings. The van der Waals surface area contributed by atoms with Crippen LogP contribution in [0.3, 0.4) is 0 Å². The van der Waals surface area contributed by atoms with Gasteiger partial charge < -0.3 is 15.6 Å². The number of fused-ring (bicyclic) bond motifs is 3. The smallest absolute Gasteiger partial charge is 0.416 e. The summed E-state index contributed by atoms with van der Waals surface area (Å²) in [4.78, 5) is 24.6. The first-order valence-corrected chi connectivity index (χ1v) is 10.2. The lowest BCUT2D eigenvalue weighted by Gasteiger charge is -2.21. The predicted octanol–water partition coefficient (Wildman–Crippen LogP) is 4.76. The van der Waals surface area contributed by atoms with E-state index >= 15 is 0 Å². The van der Waals surface area contributed by atoms with E-state index in [4.69, 9.17) is 10.5 Å². The number of nitrogens with two attached hydrogens (primary N) is 1. The van der Waals surface area contributed by atoms with Crippen LogP contribution in [0.1, 0.15) is 34.2 Å². The summed E-state index contributed by atoms with van der Waals surface area (Å²) in [5, 5.41) is 9.61. The summed E-state index contributed by atoms with van der Waals surface area (Å²) < 4.78 is 43.8. The van der Waals surface area contributed by atoms with Crippen LogP contribution in [-0.4, -0.2) is 23.7 Å². The number of hydrogen-bond donors (Lipinski definition) is 2. The zero-order chi connectivity index (χ0) is 23.8. The van der Waals surface area contributed by atoms with Gasteiger partial charge in [-0.15, -0.1) is 0 Å². The Hall–Kier alpha value is -3.65. The predicted molar refractivity (Wildman–Crippen MR) is 114 cm³/mol. The van der Waals surface area contributed by atoms with Crippen molar-refractivity contribution in [3.8, 4) is 11.1 Å². The Labute approximate surface area is 187 Å². The van der Waals surface area contributed by atoms with Gasteiger partial charge in [-0.05, 0) is 39.9 Å². The summed E-state index contributed by atoms with van der Waals surface area (Å²) in [6.45, 7) is -0.0869. The van der Waals surface area contributed by atoms with Crippen molar-refractivity contribution >= 4 is 11.9 Å². The highest BCUT2D eigenvalue weighted by Crippen LogP contribution is 2.44. The molecule has 1 aliphatic carbocycles. The van der Waals surface area contributed by atoms with Gasteiger partial charge in [0.05, 0.1) is 11.6 Å². The van der Waals surface area contributed by atoms with E-state index in [2.05, 4.69) is 0 Å². The van der Waals surface area contributed by atoms with E-state index in [-0.39, 0.29) is 18.1 Å². The van der Waals surface area contributed by atoms with Gasteiger partial charge in [-0.1, -0.05) is 60.7 Å². The zero-order valence-corrected chi connectivity index (χ0v) is 17.3. The van der Waals surface area contributed by atoms with Crippen LogP contribution in [0.15, 0.2) is 72.8 Å². The molecule has 0 aliphatic heterocycles. The summed E-state index contributed by atoms with van der Waals surface area (Å²) in [5.74, 6) is -4.59.